The molecule has 0 aliphatic heterocycles. The number of likely N-dealkylation sites (N-methyl/N-ethyl adjacent to an activating group) is 1. The maximum absolute atomic E-state index is 12.9. The van der Waals surface area contributed by atoms with Gasteiger partial charge >= 0.3 is 19.8 Å². The molecule has 0 aromatic rings. The molecule has 0 saturated carbocycles. The van der Waals surface area contributed by atoms with Crippen LogP contribution in [0.5, 0.6) is 0 Å². The quantitative estimate of drug-likeness (QED) is 0.0211. The van der Waals surface area contributed by atoms with Crippen LogP contribution in [0.1, 0.15) is 309 Å². The molecule has 0 bridgehead atoms. The van der Waals surface area contributed by atoms with E-state index in [2.05, 4.69) is 135 Å². The Hall–Kier alpha value is -3.59. The minimum absolute atomic E-state index is 0.0269. The summed E-state index contributed by atoms with van der Waals surface area (Å²) in [6.45, 7) is 4.33. The first kappa shape index (κ1) is 84.4. The van der Waals surface area contributed by atoms with Gasteiger partial charge in [-0.25, -0.2) is 4.57 Å². The van der Waals surface area contributed by atoms with Crippen LogP contribution in [0.2, 0.25) is 0 Å². The van der Waals surface area contributed by atoms with Crippen LogP contribution in [-0.4, -0.2) is 74.9 Å². The van der Waals surface area contributed by atoms with E-state index in [1.165, 1.54) is 173 Å². The van der Waals surface area contributed by atoms with Crippen LogP contribution in [0.15, 0.2) is 122 Å². The van der Waals surface area contributed by atoms with Crippen LogP contribution in [0.4, 0.5) is 0 Å². The number of ether oxygens (including phenoxy) is 2. The lowest BCUT2D eigenvalue weighted by molar-refractivity contribution is -0.870. The summed E-state index contributed by atoms with van der Waals surface area (Å²) in [7, 11) is 1.47. The molecule has 0 aliphatic carbocycles. The molecular formula is C78H137NO8P+. The third kappa shape index (κ3) is 71.5. The fourth-order valence-corrected chi connectivity index (χ4v) is 10.7. The Morgan fingerprint density at radius 3 is 0.966 bits per heavy atom. The normalized spacial score (nSPS) is 13.8. The van der Waals surface area contributed by atoms with Crippen molar-refractivity contribution in [2.75, 3.05) is 47.5 Å². The number of hydrogen-bond acceptors (Lipinski definition) is 7. The van der Waals surface area contributed by atoms with Gasteiger partial charge in [-0.15, -0.1) is 0 Å². The van der Waals surface area contributed by atoms with Gasteiger partial charge in [0.05, 0.1) is 27.7 Å². The monoisotopic (exact) mass is 1250 g/mol. The van der Waals surface area contributed by atoms with Crippen molar-refractivity contribution in [3.63, 3.8) is 0 Å². The van der Waals surface area contributed by atoms with Gasteiger partial charge in [-0.3, -0.25) is 18.6 Å². The van der Waals surface area contributed by atoms with Gasteiger partial charge in [0, 0.05) is 12.8 Å². The number of allylic oxidation sites excluding steroid dienone is 20. The molecule has 0 radical (unpaired) electrons. The SMILES string of the molecule is CC/C=C\C/C=C\C/C=C\C/C=C\C/C=C\C/C=C\C/C=C\CCCCCCCCCCCCCC(=O)OC(COC(=O)CCCCCCCCCCCCCCCCCC/C=C\C/C=C\C/C=C\CCCCCCC)COP(=O)(O)OCC[N+](C)(C)C. The van der Waals surface area contributed by atoms with Crippen LogP contribution >= 0.6 is 7.82 Å². The molecule has 10 heteroatoms. The van der Waals surface area contributed by atoms with Crippen molar-refractivity contribution in [2.24, 2.45) is 0 Å². The molecule has 0 aromatic carbocycles. The molecule has 0 amide bonds. The lowest BCUT2D eigenvalue weighted by atomic mass is 10.0. The average Bonchev–Trinajstić information content (AvgIpc) is 3.56. The first-order valence-corrected chi connectivity index (χ1v) is 37.8. The molecule has 506 valence electrons. The van der Waals surface area contributed by atoms with E-state index in [-0.39, 0.29) is 32.0 Å². The van der Waals surface area contributed by atoms with Gasteiger partial charge in [0.15, 0.2) is 6.10 Å². The molecule has 0 rings (SSSR count). The zero-order chi connectivity index (χ0) is 64.1. The van der Waals surface area contributed by atoms with Crippen LogP contribution in [0, 0.1) is 0 Å². The zero-order valence-electron chi connectivity index (χ0n) is 57.7. The predicted octanol–water partition coefficient (Wildman–Crippen LogP) is 23.8. The smallest absolute Gasteiger partial charge is 0.462 e. The number of quaternary nitrogens is 1. The highest BCUT2D eigenvalue weighted by molar-refractivity contribution is 7.47. The van der Waals surface area contributed by atoms with Crippen LogP contribution in [0.25, 0.3) is 0 Å². The number of carbonyl (C=O) groups excluding carboxylic acids is 2. The second-order valence-corrected chi connectivity index (χ2v) is 26.7. The number of nitrogens with zero attached hydrogens (tertiary/aromatic N) is 1. The molecule has 88 heavy (non-hydrogen) atoms. The largest absolute Gasteiger partial charge is 0.472 e. The molecule has 9 nitrogen and oxygen atoms in total. The van der Waals surface area contributed by atoms with Crippen LogP contribution in [0.3, 0.4) is 0 Å². The molecule has 0 spiro atoms. The van der Waals surface area contributed by atoms with Crippen LogP contribution in [-0.2, 0) is 32.7 Å². The number of carbonyl (C=O) groups is 2. The van der Waals surface area contributed by atoms with Gasteiger partial charge in [-0.1, -0.05) is 309 Å². The number of esters is 2. The van der Waals surface area contributed by atoms with Gasteiger partial charge in [-0.05, 0) is 109 Å². The number of phosphoric acid groups is 1. The Morgan fingerprint density at radius 1 is 0.364 bits per heavy atom. The van der Waals surface area contributed by atoms with Crippen molar-refractivity contribution in [2.45, 2.75) is 315 Å². The highest BCUT2D eigenvalue weighted by atomic mass is 31.2. The summed E-state index contributed by atoms with van der Waals surface area (Å²) in [4.78, 5) is 35.9. The topological polar surface area (TPSA) is 108 Å². The highest BCUT2D eigenvalue weighted by Gasteiger charge is 2.27. The minimum atomic E-state index is -4.40. The van der Waals surface area contributed by atoms with Crippen molar-refractivity contribution < 1.29 is 42.1 Å². The van der Waals surface area contributed by atoms with Gasteiger partial charge in [0.25, 0.3) is 0 Å². The number of rotatable bonds is 66. The summed E-state index contributed by atoms with van der Waals surface area (Å²) in [6.07, 6.45) is 97.3. The number of unbranched alkanes of at least 4 members (excludes halogenated alkanes) is 32. The van der Waals surface area contributed by atoms with Gasteiger partial charge in [-0.2, -0.15) is 0 Å². The fraction of sp³-hybridized carbons (Fsp3) is 0.718. The Balaban J connectivity index is 4.06. The van der Waals surface area contributed by atoms with E-state index in [9.17, 15) is 19.0 Å². The van der Waals surface area contributed by atoms with E-state index >= 15 is 0 Å². The van der Waals surface area contributed by atoms with Crippen molar-refractivity contribution in [3.05, 3.63) is 122 Å². The van der Waals surface area contributed by atoms with Crippen LogP contribution < -0.4 is 0 Å². The summed E-state index contributed by atoms with van der Waals surface area (Å²) >= 11 is 0. The van der Waals surface area contributed by atoms with Crippen molar-refractivity contribution in [3.8, 4) is 0 Å². The molecule has 0 aliphatic rings. The molecule has 0 fully saturated rings. The maximum atomic E-state index is 12.9. The predicted molar refractivity (Wildman–Crippen MR) is 381 cm³/mol. The first-order chi connectivity index (χ1) is 43.0. The van der Waals surface area contributed by atoms with E-state index in [4.69, 9.17) is 18.5 Å². The van der Waals surface area contributed by atoms with E-state index < -0.39 is 26.5 Å². The summed E-state index contributed by atoms with van der Waals surface area (Å²) in [6, 6.07) is 0. The lowest BCUT2D eigenvalue weighted by Crippen LogP contribution is -2.37. The molecule has 0 saturated heterocycles. The molecule has 2 atom stereocenters. The first-order valence-electron chi connectivity index (χ1n) is 36.3. The molecule has 0 aromatic heterocycles. The van der Waals surface area contributed by atoms with Crippen molar-refractivity contribution in [1.29, 1.82) is 0 Å². The van der Waals surface area contributed by atoms with E-state index in [0.717, 1.165) is 103 Å². The molecule has 0 heterocycles. The average molecular weight is 1250 g/mol. The third-order valence-electron chi connectivity index (χ3n) is 15.5. The number of phosphoric ester groups is 1. The number of hydrogen-bond donors (Lipinski definition) is 1. The molecular weight excluding hydrogens is 1110 g/mol. The van der Waals surface area contributed by atoms with E-state index in [1.54, 1.807) is 0 Å². The summed E-state index contributed by atoms with van der Waals surface area (Å²) in [5.41, 5.74) is 0. The summed E-state index contributed by atoms with van der Waals surface area (Å²) < 4.78 is 34.8. The third-order valence-corrected chi connectivity index (χ3v) is 16.5. The van der Waals surface area contributed by atoms with Crippen molar-refractivity contribution >= 4 is 19.8 Å². The summed E-state index contributed by atoms with van der Waals surface area (Å²) in [5, 5.41) is 0. The fourth-order valence-electron chi connectivity index (χ4n) is 9.95. The Morgan fingerprint density at radius 2 is 0.648 bits per heavy atom. The molecule has 1 N–H and O–H groups in total. The second kappa shape index (κ2) is 67.8. The second-order valence-electron chi connectivity index (χ2n) is 25.2. The Labute approximate surface area is 543 Å². The summed E-state index contributed by atoms with van der Waals surface area (Å²) in [5.74, 6) is -0.797. The molecule has 2 unspecified atom stereocenters. The minimum Gasteiger partial charge on any atom is -0.462 e. The Bertz CT molecular complexity index is 1900. The van der Waals surface area contributed by atoms with E-state index in [0.29, 0.717) is 17.4 Å². The van der Waals surface area contributed by atoms with Crippen molar-refractivity contribution in [1.82, 2.24) is 0 Å². The van der Waals surface area contributed by atoms with Gasteiger partial charge in [0.2, 0.25) is 0 Å². The lowest BCUT2D eigenvalue weighted by Gasteiger charge is -2.24. The van der Waals surface area contributed by atoms with E-state index in [1.807, 2.05) is 21.1 Å². The maximum Gasteiger partial charge on any atom is 0.472 e. The highest BCUT2D eigenvalue weighted by Crippen LogP contribution is 2.43. The van der Waals surface area contributed by atoms with Gasteiger partial charge in [0.1, 0.15) is 19.8 Å². The Kier molecular flexibility index (Phi) is 65.0. The van der Waals surface area contributed by atoms with Gasteiger partial charge < -0.3 is 18.9 Å². The standard InChI is InChI=1S/C78H136NO8P/c1-6-8-10-12-14-16-18-20-22-24-26-28-30-32-34-36-38-39-41-43-45-47-49-51-53-55-57-59-61-63-65-67-69-71-78(81)87-76(75-86-88(82,83)85-73-72-79(3,4)5)74-84-77(80)70-68-66-64-62-60-58-56-54-52-50-48-46-44-42-40-37-35-33-31-29-27-25-23-21-19-17-15-13-11-9-7-2/h8,10,14,16,19-22,25-28,31-34,38-39,43,45,76H,6-7,9,11-13,15,17-18,23-24,29-30,35-37,40-42,44,46-75H2,1-5H3/p+1/b10-8-,16-14-,21-19-,22-20-,27-25-,28-26-,33-31-,34-32-,39-38-,45-43-. The zero-order valence-corrected chi connectivity index (χ0v) is 58.6.